The van der Waals surface area contributed by atoms with Gasteiger partial charge < -0.3 is 20.7 Å². The van der Waals surface area contributed by atoms with Crippen molar-refractivity contribution >= 4 is 39.5 Å². The predicted octanol–water partition coefficient (Wildman–Crippen LogP) is 0.948. The number of ether oxygens (including phenoxy) is 1. The zero-order valence-corrected chi connectivity index (χ0v) is 12.9. The lowest BCUT2D eigenvalue weighted by molar-refractivity contribution is 0.0955. The fourth-order valence-electron chi connectivity index (χ4n) is 1.95. The molecule has 21 heavy (non-hydrogen) atoms. The number of nitrogens with one attached hydrogen (secondary N) is 1. The quantitative estimate of drug-likeness (QED) is 0.869. The van der Waals surface area contributed by atoms with Gasteiger partial charge in [-0.3, -0.25) is 4.79 Å². The van der Waals surface area contributed by atoms with Crippen molar-refractivity contribution in [2.24, 2.45) is 0 Å². The Morgan fingerprint density at radius 1 is 1.48 bits per heavy atom. The molecule has 1 fully saturated rings. The maximum absolute atomic E-state index is 12.2. The molecule has 2 aromatic heterocycles. The maximum Gasteiger partial charge on any atom is 0.265 e. The molecule has 112 valence electrons. The Balaban J connectivity index is 1.66. The third-order valence-electron chi connectivity index (χ3n) is 3.04. The van der Waals surface area contributed by atoms with Gasteiger partial charge in [-0.2, -0.15) is 0 Å². The predicted molar refractivity (Wildman–Crippen MR) is 82.8 cm³/mol. The first-order valence-corrected chi connectivity index (χ1v) is 8.24. The van der Waals surface area contributed by atoms with Crippen LogP contribution in [0.5, 0.6) is 0 Å². The second-order valence-corrected chi connectivity index (χ2v) is 6.17. The highest BCUT2D eigenvalue weighted by molar-refractivity contribution is 7.18. The van der Waals surface area contributed by atoms with E-state index in [-0.39, 0.29) is 11.7 Å². The minimum Gasteiger partial charge on any atom is -0.382 e. The monoisotopic (exact) mass is 325 g/mol. The van der Waals surface area contributed by atoms with Gasteiger partial charge in [0, 0.05) is 18.5 Å². The average molecular weight is 325 g/mol. The van der Waals surface area contributed by atoms with Gasteiger partial charge in [-0.1, -0.05) is 11.3 Å². The van der Waals surface area contributed by atoms with Gasteiger partial charge in [0.1, 0.15) is 10.7 Å². The summed E-state index contributed by atoms with van der Waals surface area (Å²) in [6.45, 7) is 3.28. The van der Waals surface area contributed by atoms with Crippen LogP contribution in [0, 0.1) is 0 Å². The number of amides is 1. The Morgan fingerprint density at radius 2 is 2.29 bits per heavy atom. The largest absolute Gasteiger partial charge is 0.382 e. The minimum absolute atomic E-state index is 0.211. The first kappa shape index (κ1) is 14.2. The molecule has 1 aliphatic rings. The van der Waals surface area contributed by atoms with Crippen LogP contribution in [0.2, 0.25) is 0 Å². The number of carbonyl (C=O) groups excluding carboxylic acids is 1. The molecule has 0 aromatic carbocycles. The van der Waals surface area contributed by atoms with Crippen LogP contribution in [-0.4, -0.2) is 42.2 Å². The number of hydrogen-bond acceptors (Lipinski definition) is 8. The molecule has 1 saturated heterocycles. The third-order valence-corrected chi connectivity index (χ3v) is 4.81. The second-order valence-electron chi connectivity index (χ2n) is 4.47. The molecule has 3 rings (SSSR count). The summed E-state index contributed by atoms with van der Waals surface area (Å²) in [6, 6.07) is 0. The van der Waals surface area contributed by atoms with Gasteiger partial charge in [0.05, 0.1) is 31.0 Å². The normalized spacial score (nSPS) is 15.1. The molecule has 0 atom stereocenters. The van der Waals surface area contributed by atoms with Gasteiger partial charge in [-0.25, -0.2) is 9.97 Å². The van der Waals surface area contributed by atoms with Crippen molar-refractivity contribution in [3.8, 4) is 0 Å². The number of nitrogen functional groups attached to an aromatic ring is 1. The lowest BCUT2D eigenvalue weighted by atomic mass is 10.4. The molecule has 9 heteroatoms. The average Bonchev–Trinajstić information content (AvgIpc) is 3.15. The van der Waals surface area contributed by atoms with Crippen LogP contribution in [0.25, 0.3) is 0 Å². The van der Waals surface area contributed by atoms with E-state index in [1.165, 1.54) is 22.7 Å². The van der Waals surface area contributed by atoms with E-state index in [0.717, 1.165) is 23.9 Å². The Morgan fingerprint density at radius 3 is 3.00 bits per heavy atom. The Kier molecular flexibility index (Phi) is 4.32. The maximum atomic E-state index is 12.2. The molecule has 0 saturated carbocycles. The SMILES string of the molecule is Nc1nc(N2CCOCC2)sc1C(=O)NCc1cscn1. The zero-order valence-electron chi connectivity index (χ0n) is 11.2. The number of rotatable bonds is 4. The summed E-state index contributed by atoms with van der Waals surface area (Å²) in [7, 11) is 0. The highest BCUT2D eigenvalue weighted by Crippen LogP contribution is 2.28. The molecule has 7 nitrogen and oxygen atoms in total. The van der Waals surface area contributed by atoms with E-state index in [1.54, 1.807) is 5.51 Å². The van der Waals surface area contributed by atoms with Gasteiger partial charge in [0.25, 0.3) is 5.91 Å². The van der Waals surface area contributed by atoms with Crippen molar-refractivity contribution in [2.75, 3.05) is 36.9 Å². The Labute approximate surface area is 129 Å². The summed E-state index contributed by atoms with van der Waals surface area (Å²) in [5.74, 6) is 0.0646. The second kappa shape index (κ2) is 6.37. The zero-order chi connectivity index (χ0) is 14.7. The van der Waals surface area contributed by atoms with Crippen molar-refractivity contribution in [3.63, 3.8) is 0 Å². The number of thiazole rings is 2. The van der Waals surface area contributed by atoms with Crippen LogP contribution in [0.3, 0.4) is 0 Å². The number of aromatic nitrogens is 2. The number of anilines is 2. The van der Waals surface area contributed by atoms with Crippen LogP contribution in [0.1, 0.15) is 15.4 Å². The summed E-state index contributed by atoms with van der Waals surface area (Å²) in [6.07, 6.45) is 0. The fraction of sp³-hybridized carbons (Fsp3) is 0.417. The smallest absolute Gasteiger partial charge is 0.265 e. The topological polar surface area (TPSA) is 93.4 Å². The molecule has 3 N–H and O–H groups in total. The number of carbonyl (C=O) groups is 1. The highest BCUT2D eigenvalue weighted by atomic mass is 32.1. The summed E-state index contributed by atoms with van der Waals surface area (Å²) in [5.41, 5.74) is 8.44. The third kappa shape index (κ3) is 3.31. The molecular formula is C12H15N5O2S2. The minimum atomic E-state index is -0.211. The number of nitrogens with two attached hydrogens (primary N) is 1. The van der Waals surface area contributed by atoms with Gasteiger partial charge in [0.2, 0.25) is 0 Å². The molecule has 0 bridgehead atoms. The summed E-state index contributed by atoms with van der Waals surface area (Å²) >= 11 is 2.81. The van der Waals surface area contributed by atoms with Crippen molar-refractivity contribution < 1.29 is 9.53 Å². The Bertz CT molecular complexity index is 607. The lowest BCUT2D eigenvalue weighted by Crippen LogP contribution is -2.36. The van der Waals surface area contributed by atoms with Crippen molar-refractivity contribution in [1.82, 2.24) is 15.3 Å². The first-order valence-electron chi connectivity index (χ1n) is 6.48. The molecular weight excluding hydrogens is 310 g/mol. The van der Waals surface area contributed by atoms with Crippen molar-refractivity contribution in [1.29, 1.82) is 0 Å². The molecule has 1 amide bonds. The molecule has 0 spiro atoms. The van der Waals surface area contributed by atoms with E-state index >= 15 is 0 Å². The lowest BCUT2D eigenvalue weighted by Gasteiger charge is -2.25. The van der Waals surface area contributed by atoms with Crippen LogP contribution in [0.15, 0.2) is 10.9 Å². The van der Waals surface area contributed by atoms with Gasteiger partial charge in [-0.05, 0) is 0 Å². The number of hydrogen-bond donors (Lipinski definition) is 2. The van der Waals surface area contributed by atoms with E-state index in [9.17, 15) is 4.79 Å². The molecule has 1 aliphatic heterocycles. The highest BCUT2D eigenvalue weighted by Gasteiger charge is 2.21. The summed E-state index contributed by atoms with van der Waals surface area (Å²) < 4.78 is 5.30. The summed E-state index contributed by atoms with van der Waals surface area (Å²) in [4.78, 5) is 23.1. The van der Waals surface area contributed by atoms with Crippen LogP contribution in [-0.2, 0) is 11.3 Å². The summed E-state index contributed by atoms with van der Waals surface area (Å²) in [5, 5.41) is 5.48. The van der Waals surface area contributed by atoms with Crippen molar-refractivity contribution in [2.45, 2.75) is 6.54 Å². The van der Waals surface area contributed by atoms with Gasteiger partial charge >= 0.3 is 0 Å². The molecule has 2 aromatic rings. The van der Waals surface area contributed by atoms with Crippen molar-refractivity contribution in [3.05, 3.63) is 21.5 Å². The first-order chi connectivity index (χ1) is 10.2. The number of nitrogens with zero attached hydrogens (tertiary/aromatic N) is 3. The number of morpholine rings is 1. The van der Waals surface area contributed by atoms with Crippen LogP contribution >= 0.6 is 22.7 Å². The van der Waals surface area contributed by atoms with Crippen LogP contribution < -0.4 is 16.0 Å². The Hall–Kier alpha value is -1.71. The fourth-order valence-corrected chi connectivity index (χ4v) is 3.46. The standard InChI is InChI=1S/C12H15N5O2S2/c13-10-9(11(18)14-5-8-6-20-7-15-8)21-12(16-10)17-1-3-19-4-2-17/h6-7H,1-5,13H2,(H,14,18). The molecule has 0 unspecified atom stereocenters. The van der Waals surface area contributed by atoms with Gasteiger partial charge in [0.15, 0.2) is 5.13 Å². The van der Waals surface area contributed by atoms with E-state index in [2.05, 4.69) is 20.2 Å². The van der Waals surface area contributed by atoms with E-state index in [4.69, 9.17) is 10.5 Å². The van der Waals surface area contributed by atoms with E-state index in [1.807, 2.05) is 5.38 Å². The molecule has 0 radical (unpaired) electrons. The van der Waals surface area contributed by atoms with Crippen LogP contribution in [0.4, 0.5) is 10.9 Å². The van der Waals surface area contributed by atoms with E-state index < -0.39 is 0 Å². The van der Waals surface area contributed by atoms with Gasteiger partial charge in [-0.15, -0.1) is 11.3 Å². The molecule has 3 heterocycles. The van der Waals surface area contributed by atoms with E-state index in [0.29, 0.717) is 24.6 Å². The molecule has 0 aliphatic carbocycles.